The molecule has 1 saturated heterocycles. The van der Waals surface area contributed by atoms with Crippen LogP contribution in [0.5, 0.6) is 0 Å². The first-order chi connectivity index (χ1) is 13.3. The zero-order valence-electron chi connectivity index (χ0n) is 17.4. The number of thioether (sulfide) groups is 1. The smallest absolute Gasteiger partial charge is 0.234 e. The van der Waals surface area contributed by atoms with Crippen molar-refractivity contribution in [3.05, 3.63) is 54.1 Å². The van der Waals surface area contributed by atoms with Gasteiger partial charge < -0.3 is 15.1 Å². The van der Waals surface area contributed by atoms with Crippen LogP contribution in [0, 0.1) is 0 Å². The molecule has 0 bridgehead atoms. The van der Waals surface area contributed by atoms with E-state index < -0.39 is 0 Å². The van der Waals surface area contributed by atoms with E-state index in [2.05, 4.69) is 73.3 Å². The maximum atomic E-state index is 12.5. The van der Waals surface area contributed by atoms with E-state index in [1.54, 1.807) is 11.8 Å². The van der Waals surface area contributed by atoms with Gasteiger partial charge in [0, 0.05) is 31.1 Å². The molecule has 1 amide bonds. The number of carbonyl (C=O) groups is 1. The topological polar surface area (TPSA) is 35.6 Å². The average Bonchev–Trinajstić information content (AvgIpc) is 2.67. The maximum Gasteiger partial charge on any atom is 0.234 e. The third-order valence-corrected chi connectivity index (χ3v) is 6.12. The van der Waals surface area contributed by atoms with Crippen molar-refractivity contribution in [1.29, 1.82) is 0 Å². The van der Waals surface area contributed by atoms with Crippen molar-refractivity contribution in [2.45, 2.75) is 31.1 Å². The highest BCUT2D eigenvalue weighted by Crippen LogP contribution is 2.28. The van der Waals surface area contributed by atoms with Gasteiger partial charge >= 0.3 is 0 Å². The van der Waals surface area contributed by atoms with Gasteiger partial charge in [0.2, 0.25) is 5.91 Å². The van der Waals surface area contributed by atoms with Gasteiger partial charge in [-0.25, -0.2) is 0 Å². The molecule has 3 rings (SSSR count). The van der Waals surface area contributed by atoms with E-state index in [4.69, 9.17) is 0 Å². The summed E-state index contributed by atoms with van der Waals surface area (Å²) in [6, 6.07) is 16.6. The molecule has 0 radical (unpaired) electrons. The van der Waals surface area contributed by atoms with Crippen molar-refractivity contribution in [2.75, 3.05) is 49.2 Å². The zero-order chi connectivity index (χ0) is 20.1. The molecule has 5 heteroatoms. The van der Waals surface area contributed by atoms with Crippen LogP contribution in [-0.2, 0) is 10.2 Å². The monoisotopic (exact) mass is 397 g/mol. The van der Waals surface area contributed by atoms with Crippen molar-refractivity contribution >= 4 is 29.0 Å². The van der Waals surface area contributed by atoms with Gasteiger partial charge in [-0.15, -0.1) is 11.8 Å². The Labute approximate surface area is 173 Å². The molecule has 4 nitrogen and oxygen atoms in total. The molecule has 0 aromatic heterocycles. The molecule has 1 heterocycles. The Kier molecular flexibility index (Phi) is 6.68. The van der Waals surface area contributed by atoms with Gasteiger partial charge in [0.1, 0.15) is 0 Å². The van der Waals surface area contributed by atoms with Gasteiger partial charge in [0.25, 0.3) is 0 Å². The number of nitrogens with one attached hydrogen (secondary N) is 1. The maximum absolute atomic E-state index is 12.5. The third-order valence-electron chi connectivity index (χ3n) is 5.11. The first-order valence-corrected chi connectivity index (χ1v) is 10.9. The number of para-hydroxylation sites is 2. The Balaban J connectivity index is 1.58. The molecule has 2 aromatic carbocycles. The molecule has 1 fully saturated rings. The van der Waals surface area contributed by atoms with Crippen LogP contribution in [0.25, 0.3) is 0 Å². The van der Waals surface area contributed by atoms with E-state index >= 15 is 0 Å². The van der Waals surface area contributed by atoms with Crippen molar-refractivity contribution in [3.63, 3.8) is 0 Å². The summed E-state index contributed by atoms with van der Waals surface area (Å²) >= 11 is 1.58. The second-order valence-corrected chi connectivity index (χ2v) is 9.47. The number of benzene rings is 2. The molecule has 0 aliphatic carbocycles. The van der Waals surface area contributed by atoms with E-state index in [0.29, 0.717) is 5.75 Å². The van der Waals surface area contributed by atoms with Crippen LogP contribution in [0.1, 0.15) is 26.3 Å². The number of hydrogen-bond acceptors (Lipinski definition) is 4. The molecule has 1 aliphatic heterocycles. The SMILES string of the molecule is CN1CCN(c2ccccc2NC(=O)CSc2ccc(C(C)(C)C)cc2)CC1. The Bertz CT molecular complexity index is 790. The summed E-state index contributed by atoms with van der Waals surface area (Å²) in [6.07, 6.45) is 0. The fourth-order valence-electron chi connectivity index (χ4n) is 3.29. The molecule has 2 aromatic rings. The van der Waals surface area contributed by atoms with E-state index in [1.165, 1.54) is 5.56 Å². The lowest BCUT2D eigenvalue weighted by molar-refractivity contribution is -0.113. The van der Waals surface area contributed by atoms with Crippen LogP contribution in [0.4, 0.5) is 11.4 Å². The Morgan fingerprint density at radius 3 is 2.29 bits per heavy atom. The predicted molar refractivity (Wildman–Crippen MR) is 121 cm³/mol. The number of rotatable bonds is 5. The first kappa shape index (κ1) is 20.7. The molecule has 150 valence electrons. The molecule has 1 aliphatic rings. The first-order valence-electron chi connectivity index (χ1n) is 9.88. The lowest BCUT2D eigenvalue weighted by atomic mass is 9.87. The van der Waals surface area contributed by atoms with Gasteiger partial charge in [0.05, 0.1) is 17.1 Å². The summed E-state index contributed by atoms with van der Waals surface area (Å²) in [5, 5.41) is 3.11. The number of likely N-dealkylation sites (N-methyl/N-ethyl adjacent to an activating group) is 1. The van der Waals surface area contributed by atoms with E-state index in [1.807, 2.05) is 18.2 Å². The average molecular weight is 398 g/mol. The van der Waals surface area contributed by atoms with Crippen molar-refractivity contribution in [1.82, 2.24) is 4.90 Å². The predicted octanol–water partition coefficient (Wildman–Crippen LogP) is 4.47. The minimum Gasteiger partial charge on any atom is -0.367 e. The van der Waals surface area contributed by atoms with E-state index in [-0.39, 0.29) is 11.3 Å². The largest absolute Gasteiger partial charge is 0.367 e. The Morgan fingerprint density at radius 1 is 1.00 bits per heavy atom. The van der Waals surface area contributed by atoms with Crippen molar-refractivity contribution in [2.24, 2.45) is 0 Å². The van der Waals surface area contributed by atoms with Crippen molar-refractivity contribution < 1.29 is 4.79 Å². The molecular weight excluding hydrogens is 366 g/mol. The number of amides is 1. The van der Waals surface area contributed by atoms with Crippen LogP contribution in [0.15, 0.2) is 53.4 Å². The van der Waals surface area contributed by atoms with Gasteiger partial charge in [-0.2, -0.15) is 0 Å². The number of nitrogens with zero attached hydrogens (tertiary/aromatic N) is 2. The molecule has 0 saturated carbocycles. The molecular formula is C23H31N3OS. The second kappa shape index (κ2) is 9.01. The van der Waals surface area contributed by atoms with Crippen LogP contribution >= 0.6 is 11.8 Å². The molecule has 28 heavy (non-hydrogen) atoms. The highest BCUT2D eigenvalue weighted by molar-refractivity contribution is 8.00. The number of anilines is 2. The minimum atomic E-state index is 0.0338. The number of carbonyl (C=O) groups excluding carboxylic acids is 1. The van der Waals surface area contributed by atoms with Gasteiger partial charge in [-0.05, 0) is 42.3 Å². The summed E-state index contributed by atoms with van der Waals surface area (Å²) in [6.45, 7) is 10.7. The molecule has 0 atom stereocenters. The highest BCUT2D eigenvalue weighted by Gasteiger charge is 2.18. The Morgan fingerprint density at radius 2 is 1.64 bits per heavy atom. The van der Waals surface area contributed by atoms with Gasteiger partial charge in [-0.3, -0.25) is 4.79 Å². The number of piperazine rings is 1. The fourth-order valence-corrected chi connectivity index (χ4v) is 3.99. The second-order valence-electron chi connectivity index (χ2n) is 8.42. The van der Waals surface area contributed by atoms with E-state index in [9.17, 15) is 4.79 Å². The molecule has 0 spiro atoms. The number of hydrogen-bond donors (Lipinski definition) is 1. The minimum absolute atomic E-state index is 0.0338. The summed E-state index contributed by atoms with van der Waals surface area (Å²) in [4.78, 5) is 18.3. The van der Waals surface area contributed by atoms with Crippen molar-refractivity contribution in [3.8, 4) is 0 Å². The quantitative estimate of drug-likeness (QED) is 0.755. The van der Waals surface area contributed by atoms with Gasteiger partial charge in [-0.1, -0.05) is 45.0 Å². The zero-order valence-corrected chi connectivity index (χ0v) is 18.2. The standard InChI is InChI=1S/C23H31N3OS/c1-23(2,3)18-9-11-19(12-10-18)28-17-22(27)24-20-7-5-6-8-21(20)26-15-13-25(4)14-16-26/h5-12H,13-17H2,1-4H3,(H,24,27). The lowest BCUT2D eigenvalue weighted by Crippen LogP contribution is -2.44. The summed E-state index contributed by atoms with van der Waals surface area (Å²) in [7, 11) is 2.15. The van der Waals surface area contributed by atoms with E-state index in [0.717, 1.165) is 42.4 Å². The Hall–Kier alpha value is -1.98. The fraction of sp³-hybridized carbons (Fsp3) is 0.435. The molecule has 0 unspecified atom stereocenters. The van der Waals surface area contributed by atoms with Crippen LogP contribution < -0.4 is 10.2 Å². The highest BCUT2D eigenvalue weighted by atomic mass is 32.2. The van der Waals surface area contributed by atoms with Gasteiger partial charge in [0.15, 0.2) is 0 Å². The third kappa shape index (κ3) is 5.52. The molecule has 1 N–H and O–H groups in total. The summed E-state index contributed by atoms with van der Waals surface area (Å²) < 4.78 is 0. The van der Waals surface area contributed by atoms with Crippen LogP contribution in [0.2, 0.25) is 0 Å². The summed E-state index contributed by atoms with van der Waals surface area (Å²) in [5.74, 6) is 0.442. The van der Waals surface area contributed by atoms with Crippen LogP contribution in [-0.4, -0.2) is 49.8 Å². The normalized spacial score (nSPS) is 15.5. The lowest BCUT2D eigenvalue weighted by Gasteiger charge is -2.35. The van der Waals surface area contributed by atoms with Crippen LogP contribution in [0.3, 0.4) is 0 Å². The summed E-state index contributed by atoms with van der Waals surface area (Å²) in [5.41, 5.74) is 3.47.